The van der Waals surface area contributed by atoms with Crippen LogP contribution in [0.2, 0.25) is 0 Å². The summed E-state index contributed by atoms with van der Waals surface area (Å²) < 4.78 is 15.3. The van der Waals surface area contributed by atoms with Gasteiger partial charge in [0, 0.05) is 50.7 Å². The number of fused-ring (bicyclic) bond motifs is 1. The summed E-state index contributed by atoms with van der Waals surface area (Å²) in [7, 11) is 0. The molecule has 0 N–H and O–H groups in total. The Bertz CT molecular complexity index is 881. The van der Waals surface area contributed by atoms with Crippen LogP contribution in [0.1, 0.15) is 44.3 Å². The van der Waals surface area contributed by atoms with Crippen molar-refractivity contribution >= 4 is 5.91 Å². The van der Waals surface area contributed by atoms with Crippen LogP contribution in [-0.2, 0) is 17.8 Å². The first kappa shape index (κ1) is 19.7. The van der Waals surface area contributed by atoms with Gasteiger partial charge >= 0.3 is 0 Å². The number of amides is 1. The molecule has 1 atom stereocenters. The largest absolute Gasteiger partial charge is 0.340 e. The Labute approximate surface area is 177 Å². The van der Waals surface area contributed by atoms with Crippen molar-refractivity contribution in [2.24, 2.45) is 5.92 Å². The molecule has 7 heteroatoms. The molecule has 1 aliphatic carbocycles. The third-order valence-corrected chi connectivity index (χ3v) is 7.12. The molecule has 5 rings (SSSR count). The molecule has 3 heterocycles. The first-order chi connectivity index (χ1) is 14.7. The summed E-state index contributed by atoms with van der Waals surface area (Å²) in [4.78, 5) is 17.9. The molecule has 1 aromatic carbocycles. The van der Waals surface area contributed by atoms with Gasteiger partial charge in [-0.25, -0.2) is 4.39 Å². The number of benzene rings is 1. The van der Waals surface area contributed by atoms with Crippen LogP contribution >= 0.6 is 0 Å². The van der Waals surface area contributed by atoms with Gasteiger partial charge in [-0.15, -0.1) is 10.2 Å². The summed E-state index contributed by atoms with van der Waals surface area (Å²) in [6.07, 6.45) is 8.29. The van der Waals surface area contributed by atoms with Crippen LogP contribution < -0.4 is 0 Å². The van der Waals surface area contributed by atoms with Gasteiger partial charge in [-0.3, -0.25) is 9.69 Å². The topological polar surface area (TPSA) is 54.3 Å². The third kappa shape index (κ3) is 3.87. The third-order valence-electron chi connectivity index (χ3n) is 7.12. The van der Waals surface area contributed by atoms with E-state index in [2.05, 4.69) is 24.6 Å². The van der Waals surface area contributed by atoms with Gasteiger partial charge in [-0.05, 0) is 43.5 Å². The number of piperazine rings is 1. The van der Waals surface area contributed by atoms with E-state index in [0.717, 1.165) is 62.3 Å². The van der Waals surface area contributed by atoms with E-state index in [1.807, 2.05) is 0 Å². The first-order valence-corrected chi connectivity index (χ1v) is 11.4. The Hall–Kier alpha value is -2.28. The molecular weight excluding hydrogens is 381 g/mol. The van der Waals surface area contributed by atoms with Gasteiger partial charge in [0.15, 0.2) is 5.82 Å². The zero-order chi connectivity index (χ0) is 20.5. The molecule has 6 nitrogen and oxygen atoms in total. The highest BCUT2D eigenvalue weighted by Gasteiger charge is 2.33. The molecule has 1 saturated carbocycles. The summed E-state index contributed by atoms with van der Waals surface area (Å²) >= 11 is 0. The van der Waals surface area contributed by atoms with E-state index in [1.54, 1.807) is 12.1 Å². The molecule has 160 valence electrons. The van der Waals surface area contributed by atoms with Crippen molar-refractivity contribution in [2.75, 3.05) is 26.2 Å². The van der Waals surface area contributed by atoms with Crippen LogP contribution in [0.25, 0.3) is 11.4 Å². The van der Waals surface area contributed by atoms with Crippen LogP contribution in [0.5, 0.6) is 0 Å². The zero-order valence-corrected chi connectivity index (χ0v) is 17.5. The van der Waals surface area contributed by atoms with E-state index in [-0.39, 0.29) is 17.6 Å². The Balaban J connectivity index is 1.23. The molecule has 1 amide bonds. The van der Waals surface area contributed by atoms with Crippen molar-refractivity contribution in [3.63, 3.8) is 0 Å². The minimum Gasteiger partial charge on any atom is -0.340 e. The van der Waals surface area contributed by atoms with E-state index >= 15 is 0 Å². The van der Waals surface area contributed by atoms with Gasteiger partial charge in [0.1, 0.15) is 11.6 Å². The number of rotatable bonds is 3. The summed E-state index contributed by atoms with van der Waals surface area (Å²) in [6.45, 7) is 4.29. The standard InChI is InChI=1S/C23H30FN5O/c24-19-9-6-17(7-10-19)22-26-25-21-11-8-18(16-29(21)22)23(30)28-14-12-27(13-15-28)20-4-2-1-3-5-20/h6-7,9-10,18,20H,1-5,8,11-16H2. The lowest BCUT2D eigenvalue weighted by Crippen LogP contribution is -2.54. The highest BCUT2D eigenvalue weighted by molar-refractivity contribution is 5.79. The fraction of sp³-hybridized carbons (Fsp3) is 0.609. The van der Waals surface area contributed by atoms with Gasteiger partial charge in [-0.2, -0.15) is 0 Å². The number of carbonyl (C=O) groups is 1. The lowest BCUT2D eigenvalue weighted by Gasteiger charge is -2.41. The molecular formula is C23H30FN5O. The monoisotopic (exact) mass is 411 g/mol. The van der Waals surface area contributed by atoms with Crippen molar-refractivity contribution in [2.45, 2.75) is 57.5 Å². The summed E-state index contributed by atoms with van der Waals surface area (Å²) in [5, 5.41) is 8.64. The van der Waals surface area contributed by atoms with E-state index < -0.39 is 0 Å². The van der Waals surface area contributed by atoms with E-state index in [1.165, 1.54) is 44.2 Å². The Kier molecular flexibility index (Phi) is 5.54. The van der Waals surface area contributed by atoms with E-state index in [9.17, 15) is 9.18 Å². The van der Waals surface area contributed by atoms with Crippen molar-refractivity contribution in [3.05, 3.63) is 35.9 Å². The second kappa shape index (κ2) is 8.46. The number of halogens is 1. The van der Waals surface area contributed by atoms with Gasteiger partial charge in [-0.1, -0.05) is 19.3 Å². The van der Waals surface area contributed by atoms with Crippen LogP contribution in [0.4, 0.5) is 4.39 Å². The molecule has 2 fully saturated rings. The molecule has 2 aromatic rings. The molecule has 0 bridgehead atoms. The Morgan fingerprint density at radius 2 is 1.67 bits per heavy atom. The van der Waals surface area contributed by atoms with Crippen molar-refractivity contribution in [1.82, 2.24) is 24.6 Å². The second-order valence-electron chi connectivity index (χ2n) is 8.95. The SMILES string of the molecule is O=C(C1CCc2nnc(-c3ccc(F)cc3)n2C1)N1CCN(C2CCCCC2)CC1. The quantitative estimate of drug-likeness (QED) is 0.779. The number of hydrogen-bond acceptors (Lipinski definition) is 4. The first-order valence-electron chi connectivity index (χ1n) is 11.4. The number of aryl methyl sites for hydroxylation is 1. The molecule has 0 radical (unpaired) electrons. The maximum absolute atomic E-state index is 13.3. The number of carbonyl (C=O) groups excluding carboxylic acids is 1. The van der Waals surface area contributed by atoms with Crippen LogP contribution in [0.3, 0.4) is 0 Å². The average Bonchev–Trinajstić information content (AvgIpc) is 3.23. The van der Waals surface area contributed by atoms with Crippen molar-refractivity contribution in [1.29, 1.82) is 0 Å². The lowest BCUT2D eigenvalue weighted by molar-refractivity contribution is -0.138. The molecule has 0 spiro atoms. The molecule has 1 unspecified atom stereocenters. The molecule has 2 aliphatic heterocycles. The van der Waals surface area contributed by atoms with E-state index in [4.69, 9.17) is 0 Å². The molecule has 30 heavy (non-hydrogen) atoms. The maximum Gasteiger partial charge on any atom is 0.227 e. The normalized spacial score (nSPS) is 23.4. The Morgan fingerprint density at radius 1 is 0.933 bits per heavy atom. The number of aromatic nitrogens is 3. The van der Waals surface area contributed by atoms with E-state index in [0.29, 0.717) is 6.54 Å². The predicted molar refractivity (Wildman–Crippen MR) is 112 cm³/mol. The second-order valence-corrected chi connectivity index (χ2v) is 8.95. The number of hydrogen-bond donors (Lipinski definition) is 0. The van der Waals surface area contributed by atoms with Crippen LogP contribution in [-0.4, -0.2) is 62.7 Å². The molecule has 3 aliphatic rings. The van der Waals surface area contributed by atoms with Gasteiger partial charge in [0.2, 0.25) is 5.91 Å². The Morgan fingerprint density at radius 3 is 2.40 bits per heavy atom. The van der Waals surface area contributed by atoms with Crippen molar-refractivity contribution < 1.29 is 9.18 Å². The highest BCUT2D eigenvalue weighted by atomic mass is 19.1. The van der Waals surface area contributed by atoms with Gasteiger partial charge < -0.3 is 9.47 Å². The van der Waals surface area contributed by atoms with Crippen LogP contribution in [0, 0.1) is 11.7 Å². The van der Waals surface area contributed by atoms with Crippen LogP contribution in [0.15, 0.2) is 24.3 Å². The van der Waals surface area contributed by atoms with Crippen molar-refractivity contribution in [3.8, 4) is 11.4 Å². The summed E-state index contributed by atoms with van der Waals surface area (Å²) in [5.41, 5.74) is 0.837. The zero-order valence-electron chi connectivity index (χ0n) is 17.5. The summed E-state index contributed by atoms with van der Waals surface area (Å²) in [5.74, 6) is 1.61. The minimum atomic E-state index is -0.266. The highest BCUT2D eigenvalue weighted by Crippen LogP contribution is 2.28. The lowest BCUT2D eigenvalue weighted by atomic mass is 9.93. The molecule has 1 aromatic heterocycles. The minimum absolute atomic E-state index is 0.0334. The maximum atomic E-state index is 13.3. The predicted octanol–water partition coefficient (Wildman–Crippen LogP) is 3.12. The fourth-order valence-electron chi connectivity index (χ4n) is 5.35. The van der Waals surface area contributed by atoms with Gasteiger partial charge in [0.25, 0.3) is 0 Å². The average molecular weight is 412 g/mol. The molecule has 1 saturated heterocycles. The van der Waals surface area contributed by atoms with Gasteiger partial charge in [0.05, 0.1) is 5.92 Å². The number of nitrogens with zero attached hydrogens (tertiary/aromatic N) is 5. The summed E-state index contributed by atoms with van der Waals surface area (Å²) in [6, 6.07) is 7.05. The fourth-order valence-corrected chi connectivity index (χ4v) is 5.35. The smallest absolute Gasteiger partial charge is 0.227 e.